The van der Waals surface area contributed by atoms with E-state index in [1.54, 1.807) is 0 Å². The lowest BCUT2D eigenvalue weighted by Gasteiger charge is -2.30. The van der Waals surface area contributed by atoms with Gasteiger partial charge in [0.1, 0.15) is 11.9 Å². The monoisotopic (exact) mass is 518 g/mol. The van der Waals surface area contributed by atoms with Crippen molar-refractivity contribution in [3.8, 4) is 0 Å². The molecule has 38 heavy (non-hydrogen) atoms. The highest BCUT2D eigenvalue weighted by Gasteiger charge is 2.31. The minimum Gasteiger partial charge on any atom is -0.391 e. The van der Waals surface area contributed by atoms with Gasteiger partial charge < -0.3 is 20.7 Å². The van der Waals surface area contributed by atoms with Crippen LogP contribution in [0.2, 0.25) is 0 Å². The molecule has 3 rings (SSSR count). The first-order valence-corrected chi connectivity index (χ1v) is 13.5. The van der Waals surface area contributed by atoms with Gasteiger partial charge in [0, 0.05) is 24.7 Å². The van der Waals surface area contributed by atoms with Crippen molar-refractivity contribution >= 4 is 11.8 Å². The van der Waals surface area contributed by atoms with Crippen molar-refractivity contribution in [2.75, 3.05) is 0 Å². The molecule has 7 nitrogen and oxygen atoms in total. The fourth-order valence-corrected chi connectivity index (χ4v) is 4.68. The Morgan fingerprint density at radius 3 is 1.97 bits per heavy atom. The third kappa shape index (κ3) is 8.55. The molecule has 3 aromatic rings. The van der Waals surface area contributed by atoms with Gasteiger partial charge in [0.15, 0.2) is 0 Å². The number of carbonyl (C=O) groups excluding carboxylic acids is 2. The van der Waals surface area contributed by atoms with Crippen LogP contribution in [0.15, 0.2) is 66.9 Å². The van der Waals surface area contributed by atoms with Crippen LogP contribution in [0.25, 0.3) is 0 Å². The normalized spacial score (nSPS) is 14.6. The predicted molar refractivity (Wildman–Crippen MR) is 151 cm³/mol. The molecule has 0 radical (unpaired) electrons. The number of amides is 2. The van der Waals surface area contributed by atoms with Crippen LogP contribution in [0.4, 0.5) is 0 Å². The minimum absolute atomic E-state index is 0.0775. The van der Waals surface area contributed by atoms with E-state index in [2.05, 4.69) is 46.6 Å². The number of nitrogens with zero attached hydrogens (tertiary/aromatic N) is 1. The molecular formula is C31H42N4O3. The van der Waals surface area contributed by atoms with Crippen LogP contribution in [-0.4, -0.2) is 45.1 Å². The Balaban J connectivity index is 1.87. The summed E-state index contributed by atoms with van der Waals surface area (Å²) in [6, 6.07) is 18.8. The van der Waals surface area contributed by atoms with Crippen molar-refractivity contribution < 1.29 is 14.7 Å². The molecule has 0 saturated heterocycles. The molecule has 1 heterocycles. The standard InChI is InChI=1S/C31H42N4O3/c1-20(2)27-19-32-30(34-27)25(16-23-12-8-6-9-13-23)18-28(37)26(17-24-14-10-7-11-15-24)35-31(38)29(21(3)4)33-22(5)36/h6-15,19-21,25-26,28-29,37H,16-18H2,1-5H3,(H,32,34)(H,33,36)(H,35,38)/t25-,26+,28+,29-/m1/s1. The van der Waals surface area contributed by atoms with Crippen molar-refractivity contribution in [1.29, 1.82) is 0 Å². The number of benzene rings is 2. The average Bonchev–Trinajstić information content (AvgIpc) is 3.38. The molecule has 0 aliphatic carbocycles. The second-order valence-electron chi connectivity index (χ2n) is 10.8. The first-order chi connectivity index (χ1) is 18.1. The van der Waals surface area contributed by atoms with Gasteiger partial charge in [-0.2, -0.15) is 0 Å². The Bertz CT molecular complexity index is 1140. The van der Waals surface area contributed by atoms with Crippen molar-refractivity contribution in [3.63, 3.8) is 0 Å². The first kappa shape index (κ1) is 29.1. The van der Waals surface area contributed by atoms with Crippen LogP contribution in [0.3, 0.4) is 0 Å². The number of aromatic amines is 1. The zero-order valence-corrected chi connectivity index (χ0v) is 23.1. The number of hydrogen-bond acceptors (Lipinski definition) is 4. The largest absolute Gasteiger partial charge is 0.391 e. The van der Waals surface area contributed by atoms with Gasteiger partial charge in [-0.15, -0.1) is 0 Å². The smallest absolute Gasteiger partial charge is 0.243 e. The first-order valence-electron chi connectivity index (χ1n) is 13.5. The maximum absolute atomic E-state index is 13.3. The summed E-state index contributed by atoms with van der Waals surface area (Å²) in [4.78, 5) is 33.2. The number of aliphatic hydroxyl groups is 1. The summed E-state index contributed by atoms with van der Waals surface area (Å²) in [5, 5.41) is 17.4. The lowest BCUT2D eigenvalue weighted by Crippen LogP contribution is -2.54. The van der Waals surface area contributed by atoms with E-state index in [9.17, 15) is 14.7 Å². The van der Waals surface area contributed by atoms with Crippen molar-refractivity contribution in [2.24, 2.45) is 5.92 Å². The van der Waals surface area contributed by atoms with Crippen LogP contribution in [0, 0.1) is 5.92 Å². The van der Waals surface area contributed by atoms with E-state index in [1.807, 2.05) is 68.6 Å². The van der Waals surface area contributed by atoms with E-state index in [1.165, 1.54) is 6.92 Å². The summed E-state index contributed by atoms with van der Waals surface area (Å²) in [7, 11) is 0. The number of aromatic nitrogens is 2. The number of rotatable bonds is 13. The van der Waals surface area contributed by atoms with E-state index < -0.39 is 18.2 Å². The maximum atomic E-state index is 13.3. The van der Waals surface area contributed by atoms with E-state index in [-0.39, 0.29) is 23.7 Å². The number of aliphatic hydroxyl groups excluding tert-OH is 1. The third-order valence-electron chi connectivity index (χ3n) is 6.87. The molecule has 0 aliphatic rings. The molecule has 1 aromatic heterocycles. The van der Waals surface area contributed by atoms with Gasteiger partial charge in [-0.05, 0) is 42.2 Å². The number of H-pyrrole nitrogens is 1. The van der Waals surface area contributed by atoms with Gasteiger partial charge in [0.2, 0.25) is 11.8 Å². The molecule has 7 heteroatoms. The van der Waals surface area contributed by atoms with E-state index >= 15 is 0 Å². The van der Waals surface area contributed by atoms with Gasteiger partial charge in [-0.1, -0.05) is 88.4 Å². The second kappa shape index (κ2) is 13.9. The SMILES string of the molecule is CC(=O)N[C@@H](C(=O)N[C@@H](Cc1ccccc1)[C@@H](O)C[C@@H](Cc1ccccc1)c1ncc(C(C)C)[nH]1)C(C)C. The molecule has 2 aromatic carbocycles. The van der Waals surface area contributed by atoms with Gasteiger partial charge in [-0.25, -0.2) is 4.98 Å². The van der Waals surface area contributed by atoms with Gasteiger partial charge in [0.25, 0.3) is 0 Å². The van der Waals surface area contributed by atoms with Gasteiger partial charge >= 0.3 is 0 Å². The van der Waals surface area contributed by atoms with E-state index in [0.29, 0.717) is 25.2 Å². The van der Waals surface area contributed by atoms with Crippen molar-refractivity contribution in [2.45, 2.75) is 83.9 Å². The molecular weight excluding hydrogens is 476 g/mol. The highest BCUT2D eigenvalue weighted by molar-refractivity contribution is 5.87. The van der Waals surface area contributed by atoms with Crippen LogP contribution >= 0.6 is 0 Å². The fraction of sp³-hybridized carbons (Fsp3) is 0.452. The molecule has 0 aliphatic heterocycles. The second-order valence-corrected chi connectivity index (χ2v) is 10.8. The van der Waals surface area contributed by atoms with Crippen LogP contribution in [-0.2, 0) is 22.4 Å². The molecule has 0 bridgehead atoms. The lowest BCUT2D eigenvalue weighted by molar-refractivity contribution is -0.130. The Labute approximate surface area is 226 Å². The Morgan fingerprint density at radius 1 is 0.895 bits per heavy atom. The van der Waals surface area contributed by atoms with Crippen LogP contribution < -0.4 is 10.6 Å². The van der Waals surface area contributed by atoms with E-state index in [4.69, 9.17) is 0 Å². The summed E-state index contributed by atoms with van der Waals surface area (Å²) in [6.07, 6.45) is 2.60. The summed E-state index contributed by atoms with van der Waals surface area (Å²) in [5.74, 6) is 0.406. The third-order valence-corrected chi connectivity index (χ3v) is 6.87. The summed E-state index contributed by atoms with van der Waals surface area (Å²) in [6.45, 7) is 9.42. The predicted octanol–water partition coefficient (Wildman–Crippen LogP) is 4.50. The topological polar surface area (TPSA) is 107 Å². The van der Waals surface area contributed by atoms with Crippen molar-refractivity contribution in [1.82, 2.24) is 20.6 Å². The molecule has 2 amide bonds. The van der Waals surface area contributed by atoms with Crippen LogP contribution in [0.5, 0.6) is 0 Å². The zero-order chi connectivity index (χ0) is 27.7. The minimum atomic E-state index is -0.842. The Morgan fingerprint density at radius 2 is 1.47 bits per heavy atom. The zero-order valence-electron chi connectivity index (χ0n) is 23.1. The quantitative estimate of drug-likeness (QED) is 0.267. The molecule has 204 valence electrons. The average molecular weight is 519 g/mol. The molecule has 0 unspecified atom stereocenters. The Hall–Kier alpha value is -3.45. The fourth-order valence-electron chi connectivity index (χ4n) is 4.68. The maximum Gasteiger partial charge on any atom is 0.243 e. The van der Waals surface area contributed by atoms with Gasteiger partial charge in [-0.3, -0.25) is 9.59 Å². The molecule has 0 fully saturated rings. The molecule has 0 saturated carbocycles. The van der Waals surface area contributed by atoms with Gasteiger partial charge in [0.05, 0.1) is 12.1 Å². The highest BCUT2D eigenvalue weighted by Crippen LogP contribution is 2.27. The number of nitrogens with one attached hydrogen (secondary N) is 3. The molecule has 4 N–H and O–H groups in total. The summed E-state index contributed by atoms with van der Waals surface area (Å²) < 4.78 is 0. The molecule has 0 spiro atoms. The summed E-state index contributed by atoms with van der Waals surface area (Å²) >= 11 is 0. The number of carbonyl (C=O) groups is 2. The molecule has 4 atom stereocenters. The summed E-state index contributed by atoms with van der Waals surface area (Å²) in [5.41, 5.74) is 3.22. The van der Waals surface area contributed by atoms with Crippen LogP contribution in [0.1, 0.15) is 75.5 Å². The number of imidazole rings is 1. The van der Waals surface area contributed by atoms with E-state index in [0.717, 1.165) is 22.6 Å². The Kier molecular flexibility index (Phi) is 10.7. The van der Waals surface area contributed by atoms with Crippen molar-refractivity contribution in [3.05, 3.63) is 89.5 Å². The highest BCUT2D eigenvalue weighted by atomic mass is 16.3. The lowest BCUT2D eigenvalue weighted by atomic mass is 9.88. The number of hydrogen-bond donors (Lipinski definition) is 4.